The van der Waals surface area contributed by atoms with Crippen LogP contribution in [-0.2, 0) is 9.36 Å². The first kappa shape index (κ1) is 26.7. The Morgan fingerprint density at radius 1 is 0.857 bits per heavy atom. The Bertz CT molecular complexity index is 686. The molecule has 0 rings (SSSR count). The van der Waals surface area contributed by atoms with E-state index in [4.69, 9.17) is 9.79 Å². The van der Waals surface area contributed by atoms with Gasteiger partial charge < -0.3 is 14.9 Å². The number of allylic oxidation sites excluding steroid dienone is 6. The van der Waals surface area contributed by atoms with E-state index in [-0.39, 0.29) is 6.42 Å². The van der Waals surface area contributed by atoms with Crippen molar-refractivity contribution in [3.8, 4) is 0 Å². The molecule has 0 spiro atoms. The van der Waals surface area contributed by atoms with Crippen molar-refractivity contribution in [3.63, 3.8) is 0 Å². The maximum Gasteiger partial charge on any atom is 0.333 e. The molecule has 0 bridgehead atoms. The highest BCUT2D eigenvalue weighted by Crippen LogP contribution is 2.36. The van der Waals surface area contributed by atoms with Crippen molar-refractivity contribution in [1.82, 2.24) is 0 Å². The van der Waals surface area contributed by atoms with Gasteiger partial charge in [-0.05, 0) is 73.3 Å². The van der Waals surface area contributed by atoms with Gasteiger partial charge in [-0.2, -0.15) is 0 Å². The van der Waals surface area contributed by atoms with Crippen LogP contribution in [0.3, 0.4) is 0 Å². The molecule has 0 radical (unpaired) electrons. The van der Waals surface area contributed by atoms with Crippen LogP contribution in [0.15, 0.2) is 46.6 Å². The third-order valence-electron chi connectivity index (χ3n) is 4.26. The van der Waals surface area contributed by atoms with E-state index in [1.165, 1.54) is 17.2 Å². The van der Waals surface area contributed by atoms with Crippen LogP contribution in [-0.4, -0.2) is 32.4 Å². The second-order valence-corrected chi connectivity index (χ2v) is 9.70. The summed E-state index contributed by atoms with van der Waals surface area (Å²) in [5, 5.41) is 10.9. The molecule has 0 saturated carbocycles. The summed E-state index contributed by atoms with van der Waals surface area (Å²) in [6.07, 6.45) is 9.61. The fourth-order valence-corrected chi connectivity index (χ4v) is 3.31. The molecule has 0 aliphatic carbocycles. The van der Waals surface area contributed by atoms with Gasteiger partial charge in [0.1, 0.15) is 11.8 Å². The Hall–Kier alpha value is -1.26. The van der Waals surface area contributed by atoms with Crippen LogP contribution in [0.5, 0.6) is 0 Å². The molecule has 1 unspecified atom stereocenters. The Morgan fingerprint density at radius 3 is 1.75 bits per heavy atom. The molecule has 0 aliphatic rings. The van der Waals surface area contributed by atoms with Crippen LogP contribution in [0, 0.1) is 0 Å². The van der Waals surface area contributed by atoms with Crippen LogP contribution >= 0.6 is 7.60 Å². The highest BCUT2D eigenvalue weighted by Gasteiger charge is 2.36. The highest BCUT2D eigenvalue weighted by atomic mass is 31.2. The molecule has 0 aromatic carbocycles. The predicted molar refractivity (Wildman–Crippen MR) is 116 cm³/mol. The summed E-state index contributed by atoms with van der Waals surface area (Å²) in [6, 6.07) is 0. The molecular formula is C22H37O5P. The Balaban J connectivity index is 5.43. The first-order valence-electron chi connectivity index (χ1n) is 9.66. The van der Waals surface area contributed by atoms with Crippen molar-refractivity contribution in [2.45, 2.75) is 79.2 Å². The lowest BCUT2D eigenvalue weighted by Crippen LogP contribution is -2.38. The number of rotatable bonds is 12. The Labute approximate surface area is 170 Å². The summed E-state index contributed by atoms with van der Waals surface area (Å²) in [6.45, 7) is 11.8. The first-order chi connectivity index (χ1) is 12.7. The molecule has 160 valence electrons. The summed E-state index contributed by atoms with van der Waals surface area (Å²) in [5.41, 5.74) is 2.35. The zero-order chi connectivity index (χ0) is 22.0. The number of Topliss-reactive ketones (excluding diaryl/α,β-unsaturated/α-hetero) is 1. The molecule has 0 aliphatic heterocycles. The van der Waals surface area contributed by atoms with Gasteiger partial charge in [-0.3, -0.25) is 9.36 Å². The molecule has 3 N–H and O–H groups in total. The number of carbonyl (C=O) groups is 1. The number of hydrogen-bond acceptors (Lipinski definition) is 3. The van der Waals surface area contributed by atoms with Crippen molar-refractivity contribution in [3.05, 3.63) is 46.6 Å². The zero-order valence-electron chi connectivity index (χ0n) is 18.2. The van der Waals surface area contributed by atoms with Gasteiger partial charge in [0.25, 0.3) is 0 Å². The summed E-state index contributed by atoms with van der Waals surface area (Å²) in [4.78, 5) is 30.8. The molecule has 0 saturated heterocycles. The molecule has 6 heteroatoms. The van der Waals surface area contributed by atoms with Gasteiger partial charge in [-0.25, -0.2) is 0 Å². The van der Waals surface area contributed by atoms with Crippen LogP contribution in [0.1, 0.15) is 73.6 Å². The topological polar surface area (TPSA) is 94.8 Å². The van der Waals surface area contributed by atoms with Gasteiger partial charge in [-0.15, -0.1) is 0 Å². The van der Waals surface area contributed by atoms with Gasteiger partial charge in [0.05, 0.1) is 0 Å². The summed E-state index contributed by atoms with van der Waals surface area (Å²) < 4.78 is 11.3. The number of aliphatic hydroxyl groups is 1. The summed E-state index contributed by atoms with van der Waals surface area (Å²) in [7, 11) is -4.55. The van der Waals surface area contributed by atoms with E-state index in [0.717, 1.165) is 30.4 Å². The van der Waals surface area contributed by atoms with Gasteiger partial charge >= 0.3 is 7.60 Å². The molecule has 0 fully saturated rings. The molecule has 5 nitrogen and oxygen atoms in total. The van der Waals surface area contributed by atoms with Crippen LogP contribution in [0.25, 0.3) is 0 Å². The van der Waals surface area contributed by atoms with Crippen LogP contribution in [0.4, 0.5) is 0 Å². The Kier molecular flexibility index (Phi) is 11.8. The van der Waals surface area contributed by atoms with E-state index < -0.39 is 25.1 Å². The lowest BCUT2D eigenvalue weighted by molar-refractivity contribution is -0.130. The fraction of sp³-hybridized carbons (Fsp3) is 0.591. The minimum Gasteiger partial charge on any atom is -0.378 e. The standard InChI is InChI=1S/C22H37O5P/c1-17(2)9-7-11-19(5)13-14-22(24,21(23)16-28(25,26)27)15-20(6)12-8-10-18(3)4/h9-10,13,15,24H,7-8,11-12,14,16H2,1-6H3,(H2,25,26,27). The fourth-order valence-electron chi connectivity index (χ4n) is 2.67. The number of ketones is 1. The van der Waals surface area contributed by atoms with Crippen LogP contribution in [0.2, 0.25) is 0 Å². The van der Waals surface area contributed by atoms with Gasteiger partial charge in [0, 0.05) is 6.42 Å². The van der Waals surface area contributed by atoms with Crippen molar-refractivity contribution in [2.24, 2.45) is 0 Å². The highest BCUT2D eigenvalue weighted by molar-refractivity contribution is 7.52. The number of carbonyl (C=O) groups excluding carboxylic acids is 1. The third-order valence-corrected chi connectivity index (χ3v) is 4.96. The molecule has 1 atom stereocenters. The molecule has 0 amide bonds. The molecule has 0 heterocycles. The number of hydrogen-bond donors (Lipinski definition) is 3. The zero-order valence-corrected chi connectivity index (χ0v) is 19.1. The average Bonchev–Trinajstić information content (AvgIpc) is 2.50. The van der Waals surface area contributed by atoms with E-state index in [1.54, 1.807) is 6.08 Å². The van der Waals surface area contributed by atoms with Gasteiger partial charge in [0.15, 0.2) is 5.78 Å². The van der Waals surface area contributed by atoms with Gasteiger partial charge in [-0.1, -0.05) is 40.5 Å². The lowest BCUT2D eigenvalue weighted by Gasteiger charge is -2.24. The van der Waals surface area contributed by atoms with Crippen molar-refractivity contribution in [1.29, 1.82) is 0 Å². The van der Waals surface area contributed by atoms with Crippen molar-refractivity contribution in [2.75, 3.05) is 6.16 Å². The van der Waals surface area contributed by atoms with Crippen molar-refractivity contribution >= 4 is 13.4 Å². The molecular weight excluding hydrogens is 375 g/mol. The normalized spacial score (nSPS) is 15.0. The lowest BCUT2D eigenvalue weighted by atomic mass is 9.90. The summed E-state index contributed by atoms with van der Waals surface area (Å²) >= 11 is 0. The van der Waals surface area contributed by atoms with Crippen molar-refractivity contribution < 1.29 is 24.3 Å². The second-order valence-electron chi connectivity index (χ2n) is 8.06. The van der Waals surface area contributed by atoms with Gasteiger partial charge in [0.2, 0.25) is 0 Å². The quantitative estimate of drug-likeness (QED) is 0.301. The monoisotopic (exact) mass is 412 g/mol. The van der Waals surface area contributed by atoms with E-state index >= 15 is 0 Å². The predicted octanol–water partition coefficient (Wildman–Crippen LogP) is 5.24. The SMILES string of the molecule is CC(C)=CCCC(C)=CCC(O)(C=C(C)CCC=C(C)C)C(=O)CP(=O)(O)O. The van der Waals surface area contributed by atoms with E-state index in [1.807, 2.05) is 41.5 Å². The Morgan fingerprint density at radius 2 is 1.32 bits per heavy atom. The smallest absolute Gasteiger partial charge is 0.333 e. The molecule has 28 heavy (non-hydrogen) atoms. The summed E-state index contributed by atoms with van der Waals surface area (Å²) in [5.74, 6) is -0.851. The van der Waals surface area contributed by atoms with E-state index in [2.05, 4.69) is 12.2 Å². The molecule has 0 aromatic rings. The minimum atomic E-state index is -4.55. The maximum atomic E-state index is 12.5. The molecule has 0 aromatic heterocycles. The van der Waals surface area contributed by atoms with Crippen LogP contribution < -0.4 is 0 Å². The van der Waals surface area contributed by atoms with E-state index in [9.17, 15) is 14.5 Å². The largest absolute Gasteiger partial charge is 0.378 e. The second kappa shape index (κ2) is 12.3. The van der Waals surface area contributed by atoms with E-state index in [0.29, 0.717) is 6.42 Å². The minimum absolute atomic E-state index is 0.00642. The average molecular weight is 413 g/mol. The third kappa shape index (κ3) is 13.0. The maximum absolute atomic E-state index is 12.5. The first-order valence-corrected chi connectivity index (χ1v) is 11.5.